The van der Waals surface area contributed by atoms with Crippen molar-refractivity contribution in [3.05, 3.63) is 52.0 Å². The van der Waals surface area contributed by atoms with Gasteiger partial charge < -0.3 is 23.8 Å². The lowest BCUT2D eigenvalue weighted by atomic mass is 10.1. The molecule has 0 aromatic heterocycles. The topological polar surface area (TPSA) is 86.3 Å². The lowest BCUT2D eigenvalue weighted by molar-refractivity contribution is -0.274. The van der Waals surface area contributed by atoms with Gasteiger partial charge in [0, 0.05) is 29.3 Å². The van der Waals surface area contributed by atoms with Gasteiger partial charge in [0.05, 0.1) is 30.8 Å². The standard InChI is InChI=1S/C26H34ClF3N2O6S/c1-5-9-35-11-12-36-10-8-31-39(33,34)19-6-7-23(17(2)13-19)37-25-21-14-18(27)15-24(38-26(28,29)30)20(21)16-22(25)32(3)4/h6-7,13-15,22,25,31H,5,8-12,16H2,1-4H3/t22-,25-/m0/s1. The molecule has 218 valence electrons. The first-order valence-corrected chi connectivity index (χ1v) is 14.4. The van der Waals surface area contributed by atoms with Crippen molar-refractivity contribution in [1.82, 2.24) is 9.62 Å². The van der Waals surface area contributed by atoms with Crippen molar-refractivity contribution in [2.45, 2.75) is 50.1 Å². The van der Waals surface area contributed by atoms with E-state index in [0.29, 0.717) is 42.3 Å². The number of sulfonamides is 1. The van der Waals surface area contributed by atoms with Crippen LogP contribution >= 0.6 is 11.6 Å². The summed E-state index contributed by atoms with van der Waals surface area (Å²) in [5.74, 6) is 0.0389. The number of nitrogens with zero attached hydrogens (tertiary/aromatic N) is 1. The molecule has 3 rings (SSSR count). The summed E-state index contributed by atoms with van der Waals surface area (Å²) in [6.07, 6.45) is -4.37. The molecule has 0 spiro atoms. The number of halogens is 4. The molecule has 0 saturated heterocycles. The molecule has 0 saturated carbocycles. The number of fused-ring (bicyclic) bond motifs is 1. The molecular formula is C26H34ClF3N2O6S. The van der Waals surface area contributed by atoms with Crippen molar-refractivity contribution in [1.29, 1.82) is 0 Å². The van der Waals surface area contributed by atoms with Gasteiger partial charge in [0.15, 0.2) is 0 Å². The second kappa shape index (κ2) is 13.5. The average molecular weight is 595 g/mol. The van der Waals surface area contributed by atoms with Crippen LogP contribution in [0.3, 0.4) is 0 Å². The minimum Gasteiger partial charge on any atom is -0.484 e. The second-order valence-corrected chi connectivity index (χ2v) is 11.5. The fraction of sp³-hybridized carbons (Fsp3) is 0.538. The molecule has 2 aromatic rings. The van der Waals surface area contributed by atoms with Crippen LogP contribution in [0.25, 0.3) is 0 Å². The van der Waals surface area contributed by atoms with E-state index in [1.807, 2.05) is 11.8 Å². The van der Waals surface area contributed by atoms with E-state index < -0.39 is 22.5 Å². The van der Waals surface area contributed by atoms with Crippen molar-refractivity contribution in [2.24, 2.45) is 0 Å². The fourth-order valence-corrected chi connectivity index (χ4v) is 5.61. The number of nitrogens with one attached hydrogen (secondary N) is 1. The molecule has 1 N–H and O–H groups in total. The minimum atomic E-state index is -4.87. The van der Waals surface area contributed by atoms with Crippen molar-refractivity contribution in [3.8, 4) is 11.5 Å². The van der Waals surface area contributed by atoms with Gasteiger partial charge in [-0.05, 0) is 69.8 Å². The predicted octanol–water partition coefficient (Wildman–Crippen LogP) is 4.87. The number of rotatable bonds is 14. The maximum Gasteiger partial charge on any atom is 0.573 e. The highest BCUT2D eigenvalue weighted by Crippen LogP contribution is 2.44. The molecule has 2 atom stereocenters. The maximum atomic E-state index is 13.0. The SMILES string of the molecule is CCCOCCOCCNS(=O)(=O)c1ccc(O[C@H]2c3cc(Cl)cc(OC(F)(F)F)c3C[C@@H]2N(C)C)c(C)c1. The Bertz CT molecular complexity index is 1230. The number of aryl methyl sites for hydroxylation is 1. The zero-order valence-electron chi connectivity index (χ0n) is 22.3. The Morgan fingerprint density at radius 1 is 1.05 bits per heavy atom. The molecule has 39 heavy (non-hydrogen) atoms. The lowest BCUT2D eigenvalue weighted by Crippen LogP contribution is -2.34. The Balaban J connectivity index is 1.73. The van der Waals surface area contributed by atoms with Gasteiger partial charge in [-0.1, -0.05) is 18.5 Å². The van der Waals surface area contributed by atoms with E-state index >= 15 is 0 Å². The maximum absolute atomic E-state index is 13.0. The summed E-state index contributed by atoms with van der Waals surface area (Å²) >= 11 is 6.14. The Morgan fingerprint density at radius 3 is 2.36 bits per heavy atom. The highest BCUT2D eigenvalue weighted by Gasteiger charge is 2.41. The Morgan fingerprint density at radius 2 is 1.74 bits per heavy atom. The molecule has 8 nitrogen and oxygen atoms in total. The largest absolute Gasteiger partial charge is 0.573 e. The summed E-state index contributed by atoms with van der Waals surface area (Å²) in [4.78, 5) is 1.91. The molecule has 0 amide bonds. The van der Waals surface area contributed by atoms with Gasteiger partial charge in [-0.3, -0.25) is 0 Å². The summed E-state index contributed by atoms with van der Waals surface area (Å²) in [7, 11) is -0.194. The molecule has 0 bridgehead atoms. The predicted molar refractivity (Wildman–Crippen MR) is 141 cm³/mol. The molecule has 1 aliphatic carbocycles. The van der Waals surface area contributed by atoms with Crippen LogP contribution in [0.5, 0.6) is 11.5 Å². The smallest absolute Gasteiger partial charge is 0.484 e. The van der Waals surface area contributed by atoms with Crippen LogP contribution in [0.1, 0.15) is 36.1 Å². The Labute approximate surface area is 232 Å². The van der Waals surface area contributed by atoms with E-state index in [9.17, 15) is 21.6 Å². The van der Waals surface area contributed by atoms with E-state index in [1.54, 1.807) is 27.1 Å². The molecule has 13 heteroatoms. The zero-order chi connectivity index (χ0) is 28.8. The highest BCUT2D eigenvalue weighted by molar-refractivity contribution is 7.89. The average Bonchev–Trinajstić information content (AvgIpc) is 3.19. The van der Waals surface area contributed by atoms with Crippen molar-refractivity contribution >= 4 is 21.6 Å². The van der Waals surface area contributed by atoms with Crippen LogP contribution in [0.15, 0.2) is 35.2 Å². The third-order valence-corrected chi connectivity index (χ3v) is 7.81. The normalized spacial score (nSPS) is 17.5. The molecule has 0 heterocycles. The zero-order valence-corrected chi connectivity index (χ0v) is 23.9. The molecule has 0 aliphatic heterocycles. The van der Waals surface area contributed by atoms with E-state index in [4.69, 9.17) is 25.8 Å². The van der Waals surface area contributed by atoms with Crippen LogP contribution in [0.4, 0.5) is 13.2 Å². The van der Waals surface area contributed by atoms with E-state index in [1.165, 1.54) is 18.2 Å². The van der Waals surface area contributed by atoms with Crippen LogP contribution in [-0.2, 0) is 25.9 Å². The number of benzene rings is 2. The summed E-state index contributed by atoms with van der Waals surface area (Å²) < 4.78 is 88.3. The molecule has 0 radical (unpaired) electrons. The summed E-state index contributed by atoms with van der Waals surface area (Å²) in [6.45, 7) is 5.48. The van der Waals surface area contributed by atoms with E-state index in [-0.39, 0.29) is 41.3 Å². The Hall–Kier alpha value is -2.09. The highest BCUT2D eigenvalue weighted by atomic mass is 35.5. The van der Waals surface area contributed by atoms with Gasteiger partial charge in [-0.25, -0.2) is 13.1 Å². The quantitative estimate of drug-likeness (QED) is 0.312. The van der Waals surface area contributed by atoms with Crippen molar-refractivity contribution in [3.63, 3.8) is 0 Å². The first-order valence-electron chi connectivity index (χ1n) is 12.5. The molecule has 0 unspecified atom stereocenters. The van der Waals surface area contributed by atoms with Crippen LogP contribution in [0.2, 0.25) is 5.02 Å². The number of ether oxygens (including phenoxy) is 4. The van der Waals surface area contributed by atoms with Crippen LogP contribution in [-0.4, -0.2) is 72.8 Å². The monoisotopic (exact) mass is 594 g/mol. The summed E-state index contributed by atoms with van der Waals surface area (Å²) in [5.41, 5.74) is 1.39. The third-order valence-electron chi connectivity index (χ3n) is 6.14. The summed E-state index contributed by atoms with van der Waals surface area (Å²) in [5, 5.41) is 0.0858. The number of hydrogen-bond donors (Lipinski definition) is 1. The molecule has 1 aliphatic rings. The first kappa shape index (κ1) is 31.4. The summed E-state index contributed by atoms with van der Waals surface area (Å²) in [6, 6.07) is 6.84. The fourth-order valence-electron chi connectivity index (χ4n) is 4.29. The van der Waals surface area contributed by atoms with Crippen molar-refractivity contribution in [2.75, 3.05) is 47.1 Å². The number of hydrogen-bond acceptors (Lipinski definition) is 7. The van der Waals surface area contributed by atoms with Crippen molar-refractivity contribution < 1.29 is 40.5 Å². The van der Waals surface area contributed by atoms with Gasteiger partial charge >= 0.3 is 6.36 Å². The van der Waals surface area contributed by atoms with E-state index in [2.05, 4.69) is 9.46 Å². The molecular weight excluding hydrogens is 561 g/mol. The lowest BCUT2D eigenvalue weighted by Gasteiger charge is -2.28. The molecule has 0 fully saturated rings. The van der Waals surface area contributed by atoms with E-state index in [0.717, 1.165) is 12.5 Å². The Kier molecular flexibility index (Phi) is 10.9. The first-order chi connectivity index (χ1) is 18.3. The number of likely N-dealkylation sites (N-methyl/N-ethyl adjacent to an activating group) is 1. The third kappa shape index (κ3) is 8.70. The van der Waals surface area contributed by atoms with Crippen LogP contribution < -0.4 is 14.2 Å². The minimum absolute atomic E-state index is 0.0542. The van der Waals surface area contributed by atoms with Gasteiger partial charge in [0.2, 0.25) is 10.0 Å². The van der Waals surface area contributed by atoms with Gasteiger partial charge in [0.25, 0.3) is 0 Å². The van der Waals surface area contributed by atoms with Crippen LogP contribution in [0, 0.1) is 6.92 Å². The number of alkyl halides is 3. The van der Waals surface area contributed by atoms with Gasteiger partial charge in [-0.15, -0.1) is 13.2 Å². The second-order valence-electron chi connectivity index (χ2n) is 9.34. The molecule has 2 aromatic carbocycles. The van der Waals surface area contributed by atoms with Gasteiger partial charge in [0.1, 0.15) is 17.6 Å². The van der Waals surface area contributed by atoms with Gasteiger partial charge in [-0.2, -0.15) is 0 Å².